The number of carbonyl (C=O) groups is 1. The van der Waals surface area contributed by atoms with Crippen molar-refractivity contribution in [2.45, 2.75) is 27.7 Å². The summed E-state index contributed by atoms with van der Waals surface area (Å²) in [6.45, 7) is 7.94. The molecule has 0 aliphatic rings. The lowest BCUT2D eigenvalue weighted by Gasteiger charge is -2.14. The van der Waals surface area contributed by atoms with Gasteiger partial charge in [0, 0.05) is 5.56 Å². The molecule has 1 N–H and O–H groups in total. The minimum Gasteiger partial charge on any atom is -0.495 e. The van der Waals surface area contributed by atoms with E-state index in [4.69, 9.17) is 4.74 Å². The number of aryl methyl sites for hydroxylation is 4. The number of ether oxygens (including phenoxy) is 1. The molecule has 3 heteroatoms. The monoisotopic (exact) mass is 283 g/mol. The van der Waals surface area contributed by atoms with Crippen LogP contribution >= 0.6 is 0 Å². The van der Waals surface area contributed by atoms with Crippen molar-refractivity contribution in [3.05, 3.63) is 58.1 Å². The first kappa shape index (κ1) is 15.1. The third kappa shape index (κ3) is 3.24. The van der Waals surface area contributed by atoms with Crippen LogP contribution in [-0.2, 0) is 0 Å². The van der Waals surface area contributed by atoms with E-state index in [0.29, 0.717) is 11.4 Å². The van der Waals surface area contributed by atoms with Crippen molar-refractivity contribution in [2.75, 3.05) is 12.4 Å². The van der Waals surface area contributed by atoms with Gasteiger partial charge in [-0.25, -0.2) is 0 Å². The number of rotatable bonds is 3. The van der Waals surface area contributed by atoms with Crippen molar-refractivity contribution >= 4 is 11.6 Å². The minimum atomic E-state index is -0.103. The third-order valence-electron chi connectivity index (χ3n) is 3.51. The topological polar surface area (TPSA) is 38.3 Å². The molecule has 0 unspecified atom stereocenters. The van der Waals surface area contributed by atoms with Gasteiger partial charge < -0.3 is 10.1 Å². The minimum absolute atomic E-state index is 0.103. The van der Waals surface area contributed by atoms with Crippen LogP contribution in [-0.4, -0.2) is 13.0 Å². The molecule has 0 atom stereocenters. The molecule has 0 heterocycles. The summed E-state index contributed by atoms with van der Waals surface area (Å²) in [5, 5.41) is 2.96. The lowest BCUT2D eigenvalue weighted by atomic mass is 9.99. The lowest BCUT2D eigenvalue weighted by molar-refractivity contribution is 0.102. The Labute approximate surface area is 126 Å². The number of anilines is 1. The number of methoxy groups -OCH3 is 1. The average molecular weight is 283 g/mol. The normalized spacial score (nSPS) is 10.3. The molecule has 0 spiro atoms. The molecule has 0 bridgehead atoms. The molecule has 2 aromatic rings. The van der Waals surface area contributed by atoms with Crippen molar-refractivity contribution in [1.82, 2.24) is 0 Å². The van der Waals surface area contributed by atoms with E-state index in [1.807, 2.05) is 58.0 Å². The molecular weight excluding hydrogens is 262 g/mol. The van der Waals surface area contributed by atoms with Gasteiger partial charge in [0.05, 0.1) is 12.8 Å². The Balaban J connectivity index is 2.37. The molecule has 0 fully saturated rings. The summed E-state index contributed by atoms with van der Waals surface area (Å²) in [7, 11) is 1.60. The number of carbonyl (C=O) groups excluding carboxylic acids is 1. The molecule has 1 amide bonds. The molecule has 21 heavy (non-hydrogen) atoms. The summed E-state index contributed by atoms with van der Waals surface area (Å²) in [5.41, 5.74) is 5.62. The van der Waals surface area contributed by atoms with Crippen LogP contribution in [0.15, 0.2) is 30.3 Å². The van der Waals surface area contributed by atoms with E-state index in [2.05, 4.69) is 5.32 Å². The van der Waals surface area contributed by atoms with Crippen LogP contribution in [0.3, 0.4) is 0 Å². The largest absolute Gasteiger partial charge is 0.495 e. The summed E-state index contributed by atoms with van der Waals surface area (Å²) in [4.78, 5) is 12.6. The Morgan fingerprint density at radius 2 is 1.57 bits per heavy atom. The number of benzene rings is 2. The second-order valence-electron chi connectivity index (χ2n) is 5.43. The fraction of sp³-hybridized carbons (Fsp3) is 0.278. The third-order valence-corrected chi connectivity index (χ3v) is 3.51. The number of hydrogen-bond donors (Lipinski definition) is 1. The van der Waals surface area contributed by atoms with Crippen LogP contribution in [0.5, 0.6) is 5.75 Å². The van der Waals surface area contributed by atoms with E-state index in [1.165, 1.54) is 0 Å². The molecule has 2 aromatic carbocycles. The van der Waals surface area contributed by atoms with Crippen molar-refractivity contribution < 1.29 is 9.53 Å². The second kappa shape index (κ2) is 6.00. The van der Waals surface area contributed by atoms with Crippen molar-refractivity contribution in [3.8, 4) is 5.75 Å². The van der Waals surface area contributed by atoms with Crippen LogP contribution in [0, 0.1) is 27.7 Å². The molecule has 0 aromatic heterocycles. The molecule has 0 aliphatic carbocycles. The number of hydrogen-bond acceptors (Lipinski definition) is 2. The number of amides is 1. The van der Waals surface area contributed by atoms with Gasteiger partial charge in [-0.1, -0.05) is 23.8 Å². The van der Waals surface area contributed by atoms with E-state index in [0.717, 1.165) is 27.8 Å². The standard InChI is InChI=1S/C18H21NO2/c1-11-6-7-16(21-5)15(10-11)19-18(20)17-13(3)8-12(2)9-14(17)4/h6-10H,1-5H3,(H,19,20). The van der Waals surface area contributed by atoms with Gasteiger partial charge >= 0.3 is 0 Å². The molecule has 0 saturated heterocycles. The van der Waals surface area contributed by atoms with E-state index in [9.17, 15) is 4.79 Å². The molecule has 110 valence electrons. The Hall–Kier alpha value is -2.29. The first-order valence-corrected chi connectivity index (χ1v) is 6.96. The predicted octanol–water partition coefficient (Wildman–Crippen LogP) is 4.18. The van der Waals surface area contributed by atoms with Crippen molar-refractivity contribution in [3.63, 3.8) is 0 Å². The zero-order valence-corrected chi connectivity index (χ0v) is 13.2. The zero-order chi connectivity index (χ0) is 15.6. The van der Waals surface area contributed by atoms with Gasteiger partial charge in [0.2, 0.25) is 0 Å². The van der Waals surface area contributed by atoms with Crippen LogP contribution in [0.1, 0.15) is 32.6 Å². The Kier molecular flexibility index (Phi) is 4.32. The highest BCUT2D eigenvalue weighted by atomic mass is 16.5. The summed E-state index contributed by atoms with van der Waals surface area (Å²) in [6, 6.07) is 9.77. The number of nitrogens with one attached hydrogen (secondary N) is 1. The van der Waals surface area contributed by atoms with Gasteiger partial charge in [-0.2, -0.15) is 0 Å². The molecule has 0 radical (unpaired) electrons. The van der Waals surface area contributed by atoms with Gasteiger partial charge in [-0.15, -0.1) is 0 Å². The molecule has 2 rings (SSSR count). The maximum atomic E-state index is 12.6. The highest BCUT2D eigenvalue weighted by molar-refractivity contribution is 6.07. The fourth-order valence-corrected chi connectivity index (χ4v) is 2.64. The smallest absolute Gasteiger partial charge is 0.256 e. The van der Waals surface area contributed by atoms with E-state index >= 15 is 0 Å². The van der Waals surface area contributed by atoms with E-state index in [-0.39, 0.29) is 5.91 Å². The van der Waals surface area contributed by atoms with Gasteiger partial charge in [-0.05, 0) is 56.5 Å². The summed E-state index contributed by atoms with van der Waals surface area (Å²) < 4.78 is 5.30. The van der Waals surface area contributed by atoms with Gasteiger partial charge in [-0.3, -0.25) is 4.79 Å². The van der Waals surface area contributed by atoms with E-state index < -0.39 is 0 Å². The first-order chi connectivity index (χ1) is 9.92. The van der Waals surface area contributed by atoms with Crippen LogP contribution in [0.4, 0.5) is 5.69 Å². The Morgan fingerprint density at radius 3 is 2.14 bits per heavy atom. The fourth-order valence-electron chi connectivity index (χ4n) is 2.64. The maximum Gasteiger partial charge on any atom is 0.256 e. The first-order valence-electron chi connectivity index (χ1n) is 6.96. The zero-order valence-electron chi connectivity index (χ0n) is 13.2. The van der Waals surface area contributed by atoms with Crippen LogP contribution in [0.25, 0.3) is 0 Å². The van der Waals surface area contributed by atoms with E-state index in [1.54, 1.807) is 7.11 Å². The quantitative estimate of drug-likeness (QED) is 0.917. The Bertz CT molecular complexity index is 667. The van der Waals surface area contributed by atoms with Crippen molar-refractivity contribution in [2.24, 2.45) is 0 Å². The summed E-state index contributed by atoms with van der Waals surface area (Å²) in [5.74, 6) is 0.560. The highest BCUT2D eigenvalue weighted by Gasteiger charge is 2.15. The summed E-state index contributed by atoms with van der Waals surface area (Å²) in [6.07, 6.45) is 0. The molecular formula is C18H21NO2. The molecule has 0 aliphatic heterocycles. The lowest BCUT2D eigenvalue weighted by Crippen LogP contribution is -2.16. The SMILES string of the molecule is COc1ccc(C)cc1NC(=O)c1c(C)cc(C)cc1C. The summed E-state index contributed by atoms with van der Waals surface area (Å²) >= 11 is 0. The van der Waals surface area contributed by atoms with Gasteiger partial charge in [0.15, 0.2) is 0 Å². The average Bonchev–Trinajstić information content (AvgIpc) is 2.37. The maximum absolute atomic E-state index is 12.6. The molecule has 0 saturated carbocycles. The predicted molar refractivity (Wildman–Crippen MR) is 86.3 cm³/mol. The van der Waals surface area contributed by atoms with Gasteiger partial charge in [0.25, 0.3) is 5.91 Å². The highest BCUT2D eigenvalue weighted by Crippen LogP contribution is 2.26. The Morgan fingerprint density at radius 1 is 0.952 bits per heavy atom. The van der Waals surface area contributed by atoms with Crippen LogP contribution in [0.2, 0.25) is 0 Å². The van der Waals surface area contributed by atoms with Crippen molar-refractivity contribution in [1.29, 1.82) is 0 Å². The van der Waals surface area contributed by atoms with Gasteiger partial charge in [0.1, 0.15) is 5.75 Å². The molecule has 3 nitrogen and oxygen atoms in total. The second-order valence-corrected chi connectivity index (χ2v) is 5.43. The van der Waals surface area contributed by atoms with Crippen LogP contribution < -0.4 is 10.1 Å².